The third-order valence-corrected chi connectivity index (χ3v) is 5.08. The van der Waals surface area contributed by atoms with Crippen LogP contribution in [0.25, 0.3) is 0 Å². The molecule has 1 aromatic carbocycles. The van der Waals surface area contributed by atoms with E-state index < -0.39 is 0 Å². The lowest BCUT2D eigenvalue weighted by molar-refractivity contribution is 0.295. The van der Waals surface area contributed by atoms with Crippen molar-refractivity contribution in [1.82, 2.24) is 4.90 Å². The van der Waals surface area contributed by atoms with Crippen molar-refractivity contribution in [3.8, 4) is 0 Å². The number of rotatable bonds is 4. The average Bonchev–Trinajstić information content (AvgIpc) is 2.51. The van der Waals surface area contributed by atoms with E-state index in [-0.39, 0.29) is 0 Å². The molecule has 2 rings (SSSR count). The highest BCUT2D eigenvalue weighted by molar-refractivity contribution is 8.00. The molecule has 0 aliphatic carbocycles. The van der Waals surface area contributed by atoms with Crippen LogP contribution < -0.4 is 5.32 Å². The van der Waals surface area contributed by atoms with E-state index in [1.807, 2.05) is 0 Å². The van der Waals surface area contributed by atoms with E-state index >= 15 is 0 Å². The first kappa shape index (κ1) is 14.7. The number of hydrogen-bond acceptors (Lipinski definition) is 3. The van der Waals surface area contributed by atoms with E-state index in [0.717, 1.165) is 13.1 Å². The minimum atomic E-state index is 0.457. The van der Waals surface area contributed by atoms with Gasteiger partial charge in [-0.1, -0.05) is 26.0 Å². The fraction of sp³-hybridized carbons (Fsp3) is 0.625. The number of benzene rings is 1. The molecule has 2 nitrogen and oxygen atoms in total. The van der Waals surface area contributed by atoms with Crippen molar-refractivity contribution in [3.05, 3.63) is 29.8 Å². The Morgan fingerprint density at radius 3 is 2.95 bits per heavy atom. The fourth-order valence-corrected chi connectivity index (χ4v) is 3.54. The van der Waals surface area contributed by atoms with Gasteiger partial charge < -0.3 is 10.2 Å². The maximum atomic E-state index is 3.53. The molecule has 0 bridgehead atoms. The summed E-state index contributed by atoms with van der Waals surface area (Å²) in [6.07, 6.45) is 1.29. The second-order valence-corrected chi connectivity index (χ2v) is 7.80. The molecule has 1 N–H and O–H groups in total. The normalized spacial score (nSPS) is 19.9. The van der Waals surface area contributed by atoms with Gasteiger partial charge in [-0.15, -0.1) is 0 Å². The van der Waals surface area contributed by atoms with Crippen LogP contribution in [0.1, 0.15) is 25.8 Å². The van der Waals surface area contributed by atoms with E-state index in [0.29, 0.717) is 4.75 Å². The molecule has 1 fully saturated rings. The van der Waals surface area contributed by atoms with Gasteiger partial charge in [0.15, 0.2) is 0 Å². The Labute approximate surface area is 122 Å². The van der Waals surface area contributed by atoms with Crippen molar-refractivity contribution >= 4 is 17.4 Å². The van der Waals surface area contributed by atoms with E-state index in [9.17, 15) is 0 Å². The topological polar surface area (TPSA) is 15.3 Å². The molecule has 0 unspecified atom stereocenters. The third-order valence-electron chi connectivity index (χ3n) is 3.71. The third kappa shape index (κ3) is 5.07. The molecule has 0 radical (unpaired) electrons. The number of anilines is 1. The number of thioether (sulfide) groups is 1. The molecule has 1 aliphatic heterocycles. The van der Waals surface area contributed by atoms with Crippen molar-refractivity contribution in [2.75, 3.05) is 37.2 Å². The van der Waals surface area contributed by atoms with Crippen LogP contribution >= 0.6 is 11.8 Å². The van der Waals surface area contributed by atoms with Crippen LogP contribution in [0.15, 0.2) is 24.3 Å². The summed E-state index contributed by atoms with van der Waals surface area (Å²) >= 11 is 2.11. The molecule has 1 aliphatic rings. The van der Waals surface area contributed by atoms with E-state index in [1.54, 1.807) is 0 Å². The molecular weight excluding hydrogens is 252 g/mol. The highest BCUT2D eigenvalue weighted by atomic mass is 32.2. The van der Waals surface area contributed by atoms with E-state index in [1.165, 1.54) is 36.5 Å². The SMILES string of the molecule is Cc1cccc(NCCN2CCSC(C)(C)CC2)c1. The maximum absolute atomic E-state index is 3.53. The molecule has 1 heterocycles. The molecule has 0 saturated carbocycles. The van der Waals surface area contributed by atoms with Crippen LogP contribution in [0, 0.1) is 6.92 Å². The predicted molar refractivity (Wildman–Crippen MR) is 87.3 cm³/mol. The number of nitrogens with one attached hydrogen (secondary N) is 1. The molecule has 0 aromatic heterocycles. The second-order valence-electron chi connectivity index (χ2n) is 6.00. The zero-order chi connectivity index (χ0) is 13.7. The van der Waals surface area contributed by atoms with Crippen LogP contribution in [-0.4, -0.2) is 41.6 Å². The first-order valence-electron chi connectivity index (χ1n) is 7.22. The lowest BCUT2D eigenvalue weighted by Gasteiger charge is -2.22. The lowest BCUT2D eigenvalue weighted by Crippen LogP contribution is -2.31. The maximum Gasteiger partial charge on any atom is 0.0343 e. The molecule has 0 atom stereocenters. The smallest absolute Gasteiger partial charge is 0.0343 e. The van der Waals surface area contributed by atoms with Crippen molar-refractivity contribution in [2.45, 2.75) is 31.9 Å². The first-order chi connectivity index (χ1) is 9.05. The second kappa shape index (κ2) is 6.67. The number of nitrogens with zero attached hydrogens (tertiary/aromatic N) is 1. The first-order valence-corrected chi connectivity index (χ1v) is 8.21. The molecule has 0 spiro atoms. The lowest BCUT2D eigenvalue weighted by atomic mass is 10.1. The largest absolute Gasteiger partial charge is 0.384 e. The summed E-state index contributed by atoms with van der Waals surface area (Å²) in [7, 11) is 0. The Morgan fingerprint density at radius 2 is 2.16 bits per heavy atom. The minimum Gasteiger partial charge on any atom is -0.384 e. The quantitative estimate of drug-likeness (QED) is 0.905. The standard InChI is InChI=1S/C16H26N2S/c1-14-5-4-6-15(13-14)17-8-10-18-9-7-16(2,3)19-12-11-18/h4-6,13,17H,7-12H2,1-3H3. The van der Waals surface area contributed by atoms with Gasteiger partial charge in [0, 0.05) is 35.8 Å². The van der Waals surface area contributed by atoms with Crippen molar-refractivity contribution in [2.24, 2.45) is 0 Å². The van der Waals surface area contributed by atoms with Gasteiger partial charge >= 0.3 is 0 Å². The highest BCUT2D eigenvalue weighted by Gasteiger charge is 2.23. The molecule has 3 heteroatoms. The highest BCUT2D eigenvalue weighted by Crippen LogP contribution is 2.30. The van der Waals surface area contributed by atoms with Crippen molar-refractivity contribution in [1.29, 1.82) is 0 Å². The van der Waals surface area contributed by atoms with E-state index in [2.05, 4.69) is 67.0 Å². The van der Waals surface area contributed by atoms with E-state index in [4.69, 9.17) is 0 Å². The Bertz CT molecular complexity index is 403. The van der Waals surface area contributed by atoms with Gasteiger partial charge in [-0.25, -0.2) is 0 Å². The summed E-state index contributed by atoms with van der Waals surface area (Å²) in [5.41, 5.74) is 2.56. The summed E-state index contributed by atoms with van der Waals surface area (Å²) in [5.74, 6) is 1.26. The summed E-state index contributed by atoms with van der Waals surface area (Å²) in [4.78, 5) is 2.59. The number of aryl methyl sites for hydroxylation is 1. The zero-order valence-corrected chi connectivity index (χ0v) is 13.2. The molecule has 1 saturated heterocycles. The van der Waals surface area contributed by atoms with Gasteiger partial charge in [-0.3, -0.25) is 0 Å². The van der Waals surface area contributed by atoms with Crippen LogP contribution in [0.2, 0.25) is 0 Å². The summed E-state index contributed by atoms with van der Waals surface area (Å²) in [6, 6.07) is 8.61. The van der Waals surface area contributed by atoms with Gasteiger partial charge in [0.25, 0.3) is 0 Å². The Morgan fingerprint density at radius 1 is 1.32 bits per heavy atom. The van der Waals surface area contributed by atoms with Crippen LogP contribution in [0.4, 0.5) is 5.69 Å². The van der Waals surface area contributed by atoms with Crippen molar-refractivity contribution < 1.29 is 0 Å². The molecule has 1 aromatic rings. The van der Waals surface area contributed by atoms with Gasteiger partial charge in [0.2, 0.25) is 0 Å². The summed E-state index contributed by atoms with van der Waals surface area (Å²) < 4.78 is 0.457. The molecule has 19 heavy (non-hydrogen) atoms. The molecule has 0 amide bonds. The minimum absolute atomic E-state index is 0.457. The Hall–Kier alpha value is -0.670. The predicted octanol–water partition coefficient (Wildman–Crippen LogP) is 3.62. The molecule has 106 valence electrons. The van der Waals surface area contributed by atoms with Crippen LogP contribution in [0.3, 0.4) is 0 Å². The average molecular weight is 278 g/mol. The van der Waals surface area contributed by atoms with Gasteiger partial charge in [-0.2, -0.15) is 11.8 Å². The van der Waals surface area contributed by atoms with Crippen LogP contribution in [-0.2, 0) is 0 Å². The van der Waals surface area contributed by atoms with Gasteiger partial charge in [-0.05, 0) is 37.6 Å². The van der Waals surface area contributed by atoms with Crippen LogP contribution in [0.5, 0.6) is 0 Å². The summed E-state index contributed by atoms with van der Waals surface area (Å²) in [6.45, 7) is 11.5. The Kier molecular flexibility index (Phi) is 5.17. The van der Waals surface area contributed by atoms with Gasteiger partial charge in [0.05, 0.1) is 0 Å². The molecular formula is C16H26N2S. The zero-order valence-electron chi connectivity index (χ0n) is 12.4. The fourth-order valence-electron chi connectivity index (χ4n) is 2.40. The Balaban J connectivity index is 1.74. The monoisotopic (exact) mass is 278 g/mol. The number of hydrogen-bond donors (Lipinski definition) is 1. The summed E-state index contributed by atoms with van der Waals surface area (Å²) in [5, 5.41) is 3.53. The van der Waals surface area contributed by atoms with Gasteiger partial charge in [0.1, 0.15) is 0 Å². The van der Waals surface area contributed by atoms with Crippen molar-refractivity contribution in [3.63, 3.8) is 0 Å².